The summed E-state index contributed by atoms with van der Waals surface area (Å²) in [5, 5.41) is 13.4. The maximum Gasteiger partial charge on any atom is 0.269 e. The molecule has 1 unspecified atom stereocenters. The van der Waals surface area contributed by atoms with Crippen LogP contribution in [0.15, 0.2) is 24.3 Å². The summed E-state index contributed by atoms with van der Waals surface area (Å²) in [5.41, 5.74) is 6.88. The molecule has 6 nitrogen and oxygen atoms in total. The molecule has 0 saturated carbocycles. The van der Waals surface area contributed by atoms with Crippen LogP contribution >= 0.6 is 12.4 Å². The maximum atomic E-state index is 11.6. The summed E-state index contributed by atoms with van der Waals surface area (Å²) < 4.78 is 0. The number of nitrogens with two attached hydrogens (primary N) is 1. The fraction of sp³-hybridized carbons (Fsp3) is 0.533. The maximum absolute atomic E-state index is 11.6. The molecule has 0 bridgehead atoms. The number of halogens is 1. The number of unbranched alkanes of at least 4 members (excludes halogenated alkanes) is 1. The molecule has 0 spiro atoms. The van der Waals surface area contributed by atoms with E-state index >= 15 is 0 Å². The van der Waals surface area contributed by atoms with Crippen molar-refractivity contribution in [2.24, 2.45) is 5.73 Å². The number of hydrogen-bond donors (Lipinski definition) is 2. The van der Waals surface area contributed by atoms with Crippen LogP contribution in [0.3, 0.4) is 0 Å². The van der Waals surface area contributed by atoms with E-state index < -0.39 is 11.0 Å². The van der Waals surface area contributed by atoms with E-state index in [4.69, 9.17) is 5.73 Å². The van der Waals surface area contributed by atoms with Gasteiger partial charge in [0.15, 0.2) is 0 Å². The van der Waals surface area contributed by atoms with Gasteiger partial charge in [-0.3, -0.25) is 14.9 Å². The Morgan fingerprint density at radius 3 is 2.50 bits per heavy atom. The van der Waals surface area contributed by atoms with Crippen molar-refractivity contribution in [1.82, 2.24) is 5.32 Å². The van der Waals surface area contributed by atoms with Crippen molar-refractivity contribution in [3.63, 3.8) is 0 Å². The van der Waals surface area contributed by atoms with Crippen molar-refractivity contribution in [2.75, 3.05) is 6.54 Å². The number of rotatable bonds is 9. The molecule has 0 radical (unpaired) electrons. The second-order valence-corrected chi connectivity index (χ2v) is 5.07. The first kappa shape index (κ1) is 20.3. The standard InChI is InChI=1S/C15H23N3O3.ClH/c1-2-5-14(16)15(19)17-11-4-3-6-12-7-9-13(10-8-12)18(20)21;/h7-10,14H,2-6,11,16H2,1H3,(H,17,19);1H. The van der Waals surface area contributed by atoms with Gasteiger partial charge in [-0.05, 0) is 31.2 Å². The largest absolute Gasteiger partial charge is 0.355 e. The molecule has 3 N–H and O–H groups in total. The van der Waals surface area contributed by atoms with Crippen LogP contribution in [0.1, 0.15) is 38.2 Å². The molecule has 0 aromatic heterocycles. The van der Waals surface area contributed by atoms with Gasteiger partial charge in [-0.25, -0.2) is 0 Å². The van der Waals surface area contributed by atoms with Crippen molar-refractivity contribution < 1.29 is 9.72 Å². The van der Waals surface area contributed by atoms with Crippen molar-refractivity contribution in [1.29, 1.82) is 0 Å². The minimum Gasteiger partial charge on any atom is -0.355 e. The zero-order chi connectivity index (χ0) is 15.7. The number of nitro groups is 1. The summed E-state index contributed by atoms with van der Waals surface area (Å²) in [6.45, 7) is 2.61. The predicted octanol–water partition coefficient (Wildman–Crippen LogP) is 2.58. The van der Waals surface area contributed by atoms with E-state index in [1.807, 2.05) is 6.92 Å². The van der Waals surface area contributed by atoms with E-state index in [1.54, 1.807) is 12.1 Å². The van der Waals surface area contributed by atoms with Gasteiger partial charge in [0.25, 0.3) is 5.69 Å². The first-order valence-electron chi connectivity index (χ1n) is 7.31. The van der Waals surface area contributed by atoms with Gasteiger partial charge in [0.2, 0.25) is 5.91 Å². The number of carbonyl (C=O) groups excluding carboxylic acids is 1. The van der Waals surface area contributed by atoms with Gasteiger partial charge < -0.3 is 11.1 Å². The third-order valence-electron chi connectivity index (χ3n) is 3.28. The minimum absolute atomic E-state index is 0. The van der Waals surface area contributed by atoms with Crippen LogP contribution in [-0.4, -0.2) is 23.4 Å². The normalized spacial score (nSPS) is 11.4. The monoisotopic (exact) mass is 329 g/mol. The zero-order valence-electron chi connectivity index (χ0n) is 12.8. The Kier molecular flexibility index (Phi) is 10.2. The van der Waals surface area contributed by atoms with Gasteiger partial charge in [0, 0.05) is 18.7 Å². The Labute approximate surface area is 137 Å². The Morgan fingerprint density at radius 2 is 1.95 bits per heavy atom. The van der Waals surface area contributed by atoms with E-state index in [0.717, 1.165) is 31.2 Å². The topological polar surface area (TPSA) is 98.3 Å². The number of benzene rings is 1. The second-order valence-electron chi connectivity index (χ2n) is 5.07. The van der Waals surface area contributed by atoms with Crippen molar-refractivity contribution in [3.8, 4) is 0 Å². The van der Waals surface area contributed by atoms with E-state index in [9.17, 15) is 14.9 Å². The quantitative estimate of drug-likeness (QED) is 0.413. The molecule has 0 aliphatic heterocycles. The molecular formula is C15H24ClN3O3. The molecule has 0 fully saturated rings. The number of nitrogens with zero attached hydrogens (tertiary/aromatic N) is 1. The molecule has 0 heterocycles. The molecule has 1 rings (SSSR count). The van der Waals surface area contributed by atoms with E-state index in [2.05, 4.69) is 5.32 Å². The van der Waals surface area contributed by atoms with Gasteiger partial charge in [0.05, 0.1) is 11.0 Å². The summed E-state index contributed by atoms with van der Waals surface area (Å²) >= 11 is 0. The molecular weight excluding hydrogens is 306 g/mol. The highest BCUT2D eigenvalue weighted by Gasteiger charge is 2.10. The minimum atomic E-state index is -0.412. The third-order valence-corrected chi connectivity index (χ3v) is 3.28. The van der Waals surface area contributed by atoms with E-state index in [0.29, 0.717) is 13.0 Å². The van der Waals surface area contributed by atoms with Gasteiger partial charge >= 0.3 is 0 Å². The molecule has 1 atom stereocenters. The molecule has 22 heavy (non-hydrogen) atoms. The van der Waals surface area contributed by atoms with Crippen LogP contribution in [0, 0.1) is 10.1 Å². The first-order valence-corrected chi connectivity index (χ1v) is 7.31. The van der Waals surface area contributed by atoms with Gasteiger partial charge in [-0.2, -0.15) is 0 Å². The molecule has 1 aromatic carbocycles. The first-order chi connectivity index (χ1) is 10.0. The smallest absolute Gasteiger partial charge is 0.269 e. The van der Waals surface area contributed by atoms with Crippen LogP contribution < -0.4 is 11.1 Å². The highest BCUT2D eigenvalue weighted by atomic mass is 35.5. The fourth-order valence-electron chi connectivity index (χ4n) is 2.02. The highest BCUT2D eigenvalue weighted by Crippen LogP contribution is 2.13. The fourth-order valence-corrected chi connectivity index (χ4v) is 2.02. The lowest BCUT2D eigenvalue weighted by Gasteiger charge is -2.10. The van der Waals surface area contributed by atoms with Crippen molar-refractivity contribution >= 4 is 24.0 Å². The Balaban J connectivity index is 0.00000441. The Morgan fingerprint density at radius 1 is 1.32 bits per heavy atom. The van der Waals surface area contributed by atoms with E-state index in [1.165, 1.54) is 12.1 Å². The van der Waals surface area contributed by atoms with Crippen molar-refractivity contribution in [2.45, 2.75) is 45.1 Å². The molecule has 0 saturated heterocycles. The third kappa shape index (κ3) is 7.38. The molecule has 7 heteroatoms. The van der Waals surface area contributed by atoms with Crippen LogP contribution in [0.4, 0.5) is 5.69 Å². The second kappa shape index (κ2) is 11.0. The van der Waals surface area contributed by atoms with Crippen LogP contribution in [-0.2, 0) is 11.2 Å². The molecule has 124 valence electrons. The summed E-state index contributed by atoms with van der Waals surface area (Å²) in [6, 6.07) is 6.16. The molecule has 1 amide bonds. The average Bonchev–Trinajstić information content (AvgIpc) is 2.47. The number of non-ortho nitro benzene ring substituents is 1. The van der Waals surface area contributed by atoms with Gasteiger partial charge in [-0.15, -0.1) is 12.4 Å². The summed E-state index contributed by atoms with van der Waals surface area (Å²) in [7, 11) is 0. The molecule has 1 aromatic rings. The summed E-state index contributed by atoms with van der Waals surface area (Å²) in [5.74, 6) is -0.0906. The van der Waals surface area contributed by atoms with Crippen molar-refractivity contribution in [3.05, 3.63) is 39.9 Å². The molecule has 0 aliphatic carbocycles. The Bertz CT molecular complexity index is 466. The number of amides is 1. The van der Waals surface area contributed by atoms with Gasteiger partial charge in [0.1, 0.15) is 0 Å². The SMILES string of the molecule is CCCC(N)C(=O)NCCCCc1ccc([N+](=O)[O-])cc1.Cl. The van der Waals surface area contributed by atoms with Crippen LogP contribution in [0.2, 0.25) is 0 Å². The number of aryl methyl sites for hydroxylation is 1. The van der Waals surface area contributed by atoms with Crippen LogP contribution in [0.5, 0.6) is 0 Å². The Hall–Kier alpha value is -1.66. The molecule has 0 aliphatic rings. The predicted molar refractivity (Wildman–Crippen MR) is 89.2 cm³/mol. The zero-order valence-corrected chi connectivity index (χ0v) is 13.6. The van der Waals surface area contributed by atoms with Crippen LogP contribution in [0.25, 0.3) is 0 Å². The number of carbonyl (C=O) groups is 1. The highest BCUT2D eigenvalue weighted by molar-refractivity contribution is 5.85. The number of nitrogens with one attached hydrogen (secondary N) is 1. The lowest BCUT2D eigenvalue weighted by Crippen LogP contribution is -2.40. The van der Waals surface area contributed by atoms with Gasteiger partial charge in [-0.1, -0.05) is 25.5 Å². The lowest BCUT2D eigenvalue weighted by atomic mass is 10.1. The van der Waals surface area contributed by atoms with E-state index in [-0.39, 0.29) is 24.0 Å². The summed E-state index contributed by atoms with van der Waals surface area (Å²) in [4.78, 5) is 21.7. The number of nitro benzene ring substituents is 1. The lowest BCUT2D eigenvalue weighted by molar-refractivity contribution is -0.384. The number of hydrogen-bond acceptors (Lipinski definition) is 4. The summed E-state index contributed by atoms with van der Waals surface area (Å²) in [6.07, 6.45) is 4.22. The average molecular weight is 330 g/mol.